The molecule has 0 spiro atoms. The molecule has 0 fully saturated rings. The molecule has 0 heterocycles. The molecule has 0 bridgehead atoms. The Morgan fingerprint density at radius 3 is 1.97 bits per heavy atom. The minimum atomic E-state index is -1.22. The highest BCUT2D eigenvalue weighted by Crippen LogP contribution is 2.06. The van der Waals surface area contributed by atoms with Gasteiger partial charge >= 0.3 is 5.97 Å². The Kier molecular flexibility index (Phi) is 13.5. The van der Waals surface area contributed by atoms with Crippen LogP contribution < -0.4 is 33.2 Å². The molecule has 0 saturated carbocycles. The van der Waals surface area contributed by atoms with Gasteiger partial charge in [-0.15, -0.1) is 0 Å². The molecule has 0 aliphatic heterocycles. The molecule has 0 aliphatic rings. The monoisotopic (exact) mass is 462 g/mol. The predicted octanol–water partition coefficient (Wildman–Crippen LogP) is -2.56. The molecule has 0 aromatic heterocycles. The van der Waals surface area contributed by atoms with E-state index in [1.165, 1.54) is 0 Å². The number of primary amides is 1. The molecule has 0 aromatic carbocycles. The number of thiol groups is 1. The van der Waals surface area contributed by atoms with Gasteiger partial charge in [-0.1, -0.05) is 13.8 Å². The lowest BCUT2D eigenvalue weighted by atomic mass is 10.0. The fraction of sp³-hybridized carbons (Fsp3) is 0.722. The first-order valence-electron chi connectivity index (χ1n) is 9.93. The molecule has 0 radical (unpaired) electrons. The van der Waals surface area contributed by atoms with Gasteiger partial charge < -0.3 is 38.3 Å². The summed E-state index contributed by atoms with van der Waals surface area (Å²) < 4.78 is 0. The molecule has 10 N–H and O–H groups in total. The fourth-order valence-corrected chi connectivity index (χ4v) is 2.84. The summed E-state index contributed by atoms with van der Waals surface area (Å²) in [5.74, 6) is -4.60. The number of hydrogen-bond acceptors (Lipinski definition) is 8. The predicted molar refractivity (Wildman–Crippen MR) is 117 cm³/mol. The summed E-state index contributed by atoms with van der Waals surface area (Å²) in [4.78, 5) is 59.6. The molecule has 0 aromatic rings. The van der Waals surface area contributed by atoms with Crippen molar-refractivity contribution in [3.05, 3.63) is 0 Å². The third-order valence-corrected chi connectivity index (χ3v) is 4.75. The van der Waals surface area contributed by atoms with Gasteiger partial charge in [-0.25, -0.2) is 4.79 Å². The Morgan fingerprint density at radius 2 is 1.52 bits per heavy atom. The summed E-state index contributed by atoms with van der Waals surface area (Å²) in [5, 5.41) is 16.6. The van der Waals surface area contributed by atoms with Crippen molar-refractivity contribution in [3.8, 4) is 0 Å². The Bertz CT molecular complexity index is 647. The number of unbranched alkanes of at least 4 members (excludes halogenated alkanes) is 1. The van der Waals surface area contributed by atoms with Crippen molar-refractivity contribution < 1.29 is 29.1 Å². The van der Waals surface area contributed by atoms with Crippen LogP contribution in [0.1, 0.15) is 39.5 Å². The number of nitrogens with two attached hydrogens (primary N) is 3. The molecule has 4 unspecified atom stereocenters. The van der Waals surface area contributed by atoms with Crippen LogP contribution in [0, 0.1) is 5.92 Å². The van der Waals surface area contributed by atoms with Gasteiger partial charge in [0.25, 0.3) is 0 Å². The zero-order chi connectivity index (χ0) is 24.1. The van der Waals surface area contributed by atoms with Gasteiger partial charge in [-0.2, -0.15) is 12.6 Å². The molecule has 0 saturated heterocycles. The van der Waals surface area contributed by atoms with E-state index in [0.717, 1.165) is 0 Å². The van der Waals surface area contributed by atoms with Crippen molar-refractivity contribution in [2.45, 2.75) is 63.7 Å². The van der Waals surface area contributed by atoms with E-state index in [1.54, 1.807) is 13.8 Å². The minimum Gasteiger partial charge on any atom is -0.480 e. The van der Waals surface area contributed by atoms with Crippen LogP contribution in [0.15, 0.2) is 0 Å². The molecule has 0 aliphatic carbocycles. The molecule has 178 valence electrons. The average molecular weight is 463 g/mol. The van der Waals surface area contributed by atoms with Gasteiger partial charge in [0.15, 0.2) is 0 Å². The Labute approximate surface area is 186 Å². The summed E-state index contributed by atoms with van der Waals surface area (Å²) in [5.41, 5.74) is 16.0. The zero-order valence-electron chi connectivity index (χ0n) is 17.8. The van der Waals surface area contributed by atoms with Crippen LogP contribution in [-0.4, -0.2) is 71.2 Å². The van der Waals surface area contributed by atoms with E-state index in [0.29, 0.717) is 19.4 Å². The Balaban J connectivity index is 5.11. The summed E-state index contributed by atoms with van der Waals surface area (Å²) >= 11 is 4.05. The van der Waals surface area contributed by atoms with Crippen molar-refractivity contribution in [3.63, 3.8) is 0 Å². The van der Waals surface area contributed by atoms with Crippen molar-refractivity contribution in [1.29, 1.82) is 0 Å². The quantitative estimate of drug-likeness (QED) is 0.0953. The highest BCUT2D eigenvalue weighted by Gasteiger charge is 2.31. The van der Waals surface area contributed by atoms with E-state index in [9.17, 15) is 29.1 Å². The molecule has 4 amide bonds. The van der Waals surface area contributed by atoms with Gasteiger partial charge in [0.05, 0.1) is 12.5 Å². The maximum absolute atomic E-state index is 12.7. The van der Waals surface area contributed by atoms with Crippen LogP contribution in [0.2, 0.25) is 0 Å². The third-order valence-electron chi connectivity index (χ3n) is 4.38. The average Bonchev–Trinajstić information content (AvgIpc) is 2.67. The molecule has 12 nitrogen and oxygen atoms in total. The van der Waals surface area contributed by atoms with Crippen molar-refractivity contribution >= 4 is 42.2 Å². The molecular weight excluding hydrogens is 428 g/mol. The van der Waals surface area contributed by atoms with E-state index in [1.807, 2.05) is 0 Å². The highest BCUT2D eigenvalue weighted by molar-refractivity contribution is 7.80. The maximum Gasteiger partial charge on any atom is 0.326 e. The second-order valence-corrected chi connectivity index (χ2v) is 7.80. The first-order chi connectivity index (χ1) is 14.4. The van der Waals surface area contributed by atoms with Crippen LogP contribution in [-0.2, 0) is 24.0 Å². The van der Waals surface area contributed by atoms with Gasteiger partial charge in [0.1, 0.15) is 18.1 Å². The molecule has 4 atom stereocenters. The summed E-state index contributed by atoms with van der Waals surface area (Å²) in [7, 11) is 0. The van der Waals surface area contributed by atoms with Crippen molar-refractivity contribution in [1.82, 2.24) is 16.0 Å². The number of carboxylic acid groups (broad SMARTS) is 1. The molecular formula is C18H34N6O6S. The fourth-order valence-electron chi connectivity index (χ4n) is 2.58. The van der Waals surface area contributed by atoms with Gasteiger partial charge in [0.2, 0.25) is 23.6 Å². The standard InChI is InChI=1S/C18H34N6O6S/c1-9(2)14(24-15(26)10(20)7-13(21)25)17(28)23-12(8-31)16(27)22-11(18(29)30)5-3-4-6-19/h9-12,14,31H,3-8,19-20H2,1-2H3,(H2,21,25)(H,22,27)(H,23,28)(H,24,26)(H,29,30). The summed E-state index contributed by atoms with van der Waals surface area (Å²) in [6.45, 7) is 3.73. The normalized spacial score (nSPS) is 14.8. The van der Waals surface area contributed by atoms with Crippen LogP contribution >= 0.6 is 12.6 Å². The van der Waals surface area contributed by atoms with Gasteiger partial charge in [-0.3, -0.25) is 19.2 Å². The number of carbonyl (C=O) groups excluding carboxylic acids is 4. The minimum absolute atomic E-state index is 0.105. The Hall–Kier alpha value is -2.38. The smallest absolute Gasteiger partial charge is 0.326 e. The van der Waals surface area contributed by atoms with E-state index in [-0.39, 0.29) is 24.5 Å². The summed E-state index contributed by atoms with van der Waals surface area (Å²) in [6, 6.07) is -4.54. The van der Waals surface area contributed by atoms with Gasteiger partial charge in [-0.05, 0) is 31.7 Å². The number of rotatable bonds is 15. The van der Waals surface area contributed by atoms with Crippen LogP contribution in [0.5, 0.6) is 0 Å². The summed E-state index contributed by atoms with van der Waals surface area (Å²) in [6.07, 6.45) is 0.924. The maximum atomic E-state index is 12.7. The van der Waals surface area contributed by atoms with E-state index < -0.39 is 53.8 Å². The van der Waals surface area contributed by atoms with Crippen molar-refractivity contribution in [2.24, 2.45) is 23.1 Å². The van der Waals surface area contributed by atoms with Crippen molar-refractivity contribution in [2.75, 3.05) is 12.3 Å². The lowest BCUT2D eigenvalue weighted by Gasteiger charge is -2.26. The first kappa shape index (κ1) is 28.6. The van der Waals surface area contributed by atoms with Crippen LogP contribution in [0.3, 0.4) is 0 Å². The zero-order valence-corrected chi connectivity index (χ0v) is 18.7. The topological polar surface area (TPSA) is 220 Å². The number of hydrogen-bond donors (Lipinski definition) is 8. The first-order valence-corrected chi connectivity index (χ1v) is 10.6. The van der Waals surface area contributed by atoms with Crippen LogP contribution in [0.25, 0.3) is 0 Å². The molecule has 0 rings (SSSR count). The molecule has 31 heavy (non-hydrogen) atoms. The number of nitrogens with one attached hydrogen (secondary N) is 3. The number of aliphatic carboxylic acids is 1. The number of amides is 4. The second kappa shape index (κ2) is 14.6. The number of carboxylic acids is 1. The molecule has 13 heteroatoms. The van der Waals surface area contributed by atoms with E-state index >= 15 is 0 Å². The third kappa shape index (κ3) is 11.0. The number of carbonyl (C=O) groups is 5. The Morgan fingerprint density at radius 1 is 0.935 bits per heavy atom. The second-order valence-electron chi connectivity index (χ2n) is 7.43. The lowest BCUT2D eigenvalue weighted by Crippen LogP contribution is -2.59. The largest absolute Gasteiger partial charge is 0.480 e. The van der Waals surface area contributed by atoms with Crippen LogP contribution in [0.4, 0.5) is 0 Å². The van der Waals surface area contributed by atoms with E-state index in [4.69, 9.17) is 17.2 Å². The van der Waals surface area contributed by atoms with E-state index in [2.05, 4.69) is 28.6 Å². The lowest BCUT2D eigenvalue weighted by molar-refractivity contribution is -0.142. The SMILES string of the molecule is CC(C)C(NC(=O)C(N)CC(N)=O)C(=O)NC(CS)C(=O)NC(CCCCN)C(=O)O. The van der Waals surface area contributed by atoms with Gasteiger partial charge in [0, 0.05) is 5.75 Å². The highest BCUT2D eigenvalue weighted by atomic mass is 32.1.